The number of carbonyl (C=O) groups excluding carboxylic acids is 3. The Morgan fingerprint density at radius 2 is 2.07 bits per heavy atom. The first-order chi connectivity index (χ1) is 7.08. The zero-order chi connectivity index (χ0) is 11.5. The molecule has 0 bridgehead atoms. The Hall–Kier alpha value is -1.39. The van der Waals surface area contributed by atoms with Gasteiger partial charge in [-0.05, 0) is 6.42 Å². The molecule has 1 aliphatic heterocycles. The zero-order valence-electron chi connectivity index (χ0n) is 9.08. The minimum absolute atomic E-state index is 0.401. The predicted molar refractivity (Wildman–Crippen MR) is 54.2 cm³/mol. The molecule has 0 spiro atoms. The van der Waals surface area contributed by atoms with Gasteiger partial charge in [-0.3, -0.25) is 10.1 Å². The Morgan fingerprint density at radius 3 is 2.47 bits per heavy atom. The van der Waals surface area contributed by atoms with Crippen molar-refractivity contribution >= 4 is 18.2 Å². The number of likely N-dealkylation sites (N-methyl/N-ethyl adjacent to an activating group) is 1. The number of nitrogens with zero attached hydrogens (tertiary/aromatic N) is 1. The first kappa shape index (κ1) is 11.7. The molecular weight excluding hydrogens is 196 g/mol. The van der Waals surface area contributed by atoms with Gasteiger partial charge < -0.3 is 9.69 Å². The van der Waals surface area contributed by atoms with Crippen LogP contribution in [0.3, 0.4) is 0 Å². The number of nitrogens with one attached hydrogen (secondary N) is 1. The minimum Gasteiger partial charge on any atom is -0.306 e. The van der Waals surface area contributed by atoms with Crippen molar-refractivity contribution in [3.05, 3.63) is 0 Å². The van der Waals surface area contributed by atoms with Crippen LogP contribution >= 0.6 is 0 Å². The van der Waals surface area contributed by atoms with Crippen LogP contribution in [0.25, 0.3) is 0 Å². The first-order valence-electron chi connectivity index (χ1n) is 5.14. The fourth-order valence-electron chi connectivity index (χ4n) is 1.74. The maximum Gasteiger partial charge on any atom is 0.325 e. The van der Waals surface area contributed by atoms with Crippen molar-refractivity contribution in [1.82, 2.24) is 10.2 Å². The van der Waals surface area contributed by atoms with Gasteiger partial charge in [0.2, 0.25) is 0 Å². The van der Waals surface area contributed by atoms with Gasteiger partial charge in [0.15, 0.2) is 11.8 Å². The number of imide groups is 1. The van der Waals surface area contributed by atoms with Gasteiger partial charge in [0.05, 0.1) is 0 Å². The highest BCUT2D eigenvalue weighted by Crippen LogP contribution is 2.24. The van der Waals surface area contributed by atoms with E-state index >= 15 is 0 Å². The number of amides is 3. The summed E-state index contributed by atoms with van der Waals surface area (Å²) in [5, 5.41) is 2.15. The average molecular weight is 212 g/mol. The summed E-state index contributed by atoms with van der Waals surface area (Å²) in [6.45, 7) is 2.04. The van der Waals surface area contributed by atoms with E-state index in [-0.39, 0.29) is 0 Å². The predicted octanol–water partition coefficient (Wildman–Crippen LogP) is 0.686. The number of hydrogen-bond donors (Lipinski definition) is 1. The minimum atomic E-state index is -1.27. The van der Waals surface area contributed by atoms with Gasteiger partial charge >= 0.3 is 6.03 Å². The summed E-state index contributed by atoms with van der Waals surface area (Å²) in [5.74, 6) is -0.499. The lowest BCUT2D eigenvalue weighted by Crippen LogP contribution is -2.49. The van der Waals surface area contributed by atoms with Crippen molar-refractivity contribution < 1.29 is 14.4 Å². The molecule has 1 atom stereocenters. The van der Waals surface area contributed by atoms with Crippen LogP contribution in [0.15, 0.2) is 0 Å². The molecule has 1 fully saturated rings. The highest BCUT2D eigenvalue weighted by atomic mass is 16.2. The molecule has 84 valence electrons. The van der Waals surface area contributed by atoms with E-state index < -0.39 is 17.5 Å². The van der Waals surface area contributed by atoms with Gasteiger partial charge in [0.25, 0.3) is 5.91 Å². The lowest BCUT2D eigenvalue weighted by Gasteiger charge is -2.26. The van der Waals surface area contributed by atoms with Gasteiger partial charge in [0, 0.05) is 7.05 Å². The van der Waals surface area contributed by atoms with Crippen molar-refractivity contribution in [2.75, 3.05) is 7.05 Å². The first-order valence-corrected chi connectivity index (χ1v) is 5.14. The monoisotopic (exact) mass is 212 g/mol. The second-order valence-electron chi connectivity index (χ2n) is 3.82. The Kier molecular flexibility index (Phi) is 3.44. The summed E-state index contributed by atoms with van der Waals surface area (Å²) in [6, 6.07) is -0.497. The Balaban J connectivity index is 2.78. The molecule has 15 heavy (non-hydrogen) atoms. The summed E-state index contributed by atoms with van der Waals surface area (Å²) in [6.07, 6.45) is 3.70. The molecule has 0 radical (unpaired) electrons. The van der Waals surface area contributed by atoms with Crippen molar-refractivity contribution in [1.29, 1.82) is 0 Å². The van der Waals surface area contributed by atoms with Crippen LogP contribution in [0.4, 0.5) is 4.79 Å². The van der Waals surface area contributed by atoms with Crippen LogP contribution in [0, 0.1) is 0 Å². The third kappa shape index (κ3) is 1.86. The molecule has 0 saturated carbocycles. The second-order valence-corrected chi connectivity index (χ2v) is 3.82. The van der Waals surface area contributed by atoms with Crippen molar-refractivity contribution in [3.8, 4) is 0 Å². The summed E-state index contributed by atoms with van der Waals surface area (Å²) < 4.78 is 0. The molecule has 1 N–H and O–H groups in total. The van der Waals surface area contributed by atoms with Crippen molar-refractivity contribution in [2.24, 2.45) is 0 Å². The molecule has 1 rings (SSSR count). The highest BCUT2D eigenvalue weighted by molar-refractivity contribution is 6.15. The Morgan fingerprint density at radius 1 is 1.40 bits per heavy atom. The van der Waals surface area contributed by atoms with Gasteiger partial charge in [-0.2, -0.15) is 0 Å². The maximum atomic E-state index is 11.5. The zero-order valence-corrected chi connectivity index (χ0v) is 9.08. The van der Waals surface area contributed by atoms with Crippen LogP contribution in [0.1, 0.15) is 32.6 Å². The van der Waals surface area contributed by atoms with E-state index in [9.17, 15) is 14.4 Å². The van der Waals surface area contributed by atoms with Crippen LogP contribution in [0.2, 0.25) is 0 Å². The number of rotatable bonds is 5. The summed E-state index contributed by atoms with van der Waals surface area (Å²) >= 11 is 0. The van der Waals surface area contributed by atoms with Gasteiger partial charge in [-0.15, -0.1) is 0 Å². The number of carbonyl (C=O) groups is 3. The lowest BCUT2D eigenvalue weighted by molar-refractivity contribution is -0.132. The average Bonchev–Trinajstić information content (AvgIpc) is 2.42. The van der Waals surface area contributed by atoms with Crippen molar-refractivity contribution in [2.45, 2.75) is 38.1 Å². The van der Waals surface area contributed by atoms with E-state index in [1.165, 1.54) is 11.9 Å². The molecule has 0 unspecified atom stereocenters. The molecule has 0 aromatic carbocycles. The highest BCUT2D eigenvalue weighted by Gasteiger charge is 2.50. The Bertz CT molecular complexity index is 290. The van der Waals surface area contributed by atoms with Crippen LogP contribution in [-0.2, 0) is 9.59 Å². The molecule has 1 aliphatic rings. The summed E-state index contributed by atoms with van der Waals surface area (Å²) in [5.41, 5.74) is -1.27. The normalized spacial score (nSPS) is 25.6. The van der Waals surface area contributed by atoms with E-state index in [1.54, 1.807) is 0 Å². The number of urea groups is 1. The fourth-order valence-corrected chi connectivity index (χ4v) is 1.74. The van der Waals surface area contributed by atoms with Gasteiger partial charge in [0.1, 0.15) is 0 Å². The SMILES string of the molecule is CCCCC[C@@]1(C=O)C(=O)NC(=O)N1C. The number of aldehydes is 1. The van der Waals surface area contributed by atoms with Crippen LogP contribution in [0.5, 0.6) is 0 Å². The molecule has 5 heteroatoms. The molecule has 0 aromatic heterocycles. The van der Waals surface area contributed by atoms with E-state index in [0.29, 0.717) is 12.7 Å². The maximum absolute atomic E-state index is 11.5. The van der Waals surface area contributed by atoms with Gasteiger partial charge in [-0.25, -0.2) is 4.79 Å². The molecule has 5 nitrogen and oxygen atoms in total. The second kappa shape index (κ2) is 4.42. The largest absolute Gasteiger partial charge is 0.325 e. The third-order valence-corrected chi connectivity index (χ3v) is 2.87. The molecular formula is C10H16N2O3. The smallest absolute Gasteiger partial charge is 0.306 e. The van der Waals surface area contributed by atoms with E-state index in [2.05, 4.69) is 5.32 Å². The summed E-state index contributed by atoms with van der Waals surface area (Å²) in [4.78, 5) is 35.0. The molecule has 1 saturated heterocycles. The van der Waals surface area contributed by atoms with E-state index in [0.717, 1.165) is 19.3 Å². The standard InChI is InChI=1S/C10H16N2O3/c1-3-4-5-6-10(7-13)8(14)11-9(15)12(10)2/h7H,3-6H2,1-2H3,(H,11,14,15)/t10-/m1/s1. The topological polar surface area (TPSA) is 66.5 Å². The van der Waals surface area contributed by atoms with Crippen LogP contribution < -0.4 is 5.32 Å². The molecule has 0 aliphatic carbocycles. The lowest BCUT2D eigenvalue weighted by atomic mass is 9.93. The molecule has 1 heterocycles. The fraction of sp³-hybridized carbons (Fsp3) is 0.700. The Labute approximate surface area is 88.8 Å². The van der Waals surface area contributed by atoms with E-state index in [4.69, 9.17) is 0 Å². The van der Waals surface area contributed by atoms with Gasteiger partial charge in [-0.1, -0.05) is 26.2 Å². The van der Waals surface area contributed by atoms with Crippen molar-refractivity contribution in [3.63, 3.8) is 0 Å². The molecule has 3 amide bonds. The number of unbranched alkanes of at least 4 members (excludes halogenated alkanes) is 2. The molecule has 0 aromatic rings. The quantitative estimate of drug-likeness (QED) is 0.315. The summed E-state index contributed by atoms with van der Waals surface area (Å²) in [7, 11) is 1.47. The van der Waals surface area contributed by atoms with E-state index in [1.807, 2.05) is 6.92 Å². The third-order valence-electron chi connectivity index (χ3n) is 2.87. The van der Waals surface area contributed by atoms with Crippen LogP contribution in [-0.4, -0.2) is 35.7 Å². The number of hydrogen-bond acceptors (Lipinski definition) is 3.